The van der Waals surface area contributed by atoms with Gasteiger partial charge in [0.1, 0.15) is 0 Å². The molecular formula is C18H22N6O. The van der Waals surface area contributed by atoms with Gasteiger partial charge < -0.3 is 20.2 Å². The summed E-state index contributed by atoms with van der Waals surface area (Å²) >= 11 is 0. The quantitative estimate of drug-likeness (QED) is 0.661. The third kappa shape index (κ3) is 3.71. The molecule has 7 nitrogen and oxygen atoms in total. The molecular weight excluding hydrogens is 316 g/mol. The van der Waals surface area contributed by atoms with Gasteiger partial charge in [0.15, 0.2) is 0 Å². The summed E-state index contributed by atoms with van der Waals surface area (Å²) in [6.45, 7) is 3.54. The van der Waals surface area contributed by atoms with Crippen molar-refractivity contribution in [3.05, 3.63) is 52.2 Å². The van der Waals surface area contributed by atoms with Crippen LogP contribution in [0.2, 0.25) is 0 Å². The van der Waals surface area contributed by atoms with Crippen LogP contribution in [-0.2, 0) is 13.1 Å². The van der Waals surface area contributed by atoms with Gasteiger partial charge in [0.25, 0.3) is 0 Å². The average molecular weight is 338 g/mol. The fraction of sp³-hybridized carbons (Fsp3) is 0.389. The molecule has 3 heterocycles. The van der Waals surface area contributed by atoms with Crippen molar-refractivity contribution in [3.63, 3.8) is 0 Å². The number of aromatic nitrogens is 4. The fourth-order valence-corrected chi connectivity index (χ4v) is 3.24. The first-order chi connectivity index (χ1) is 12.3. The van der Waals surface area contributed by atoms with E-state index in [-0.39, 0.29) is 5.69 Å². The van der Waals surface area contributed by atoms with E-state index >= 15 is 0 Å². The number of hydrogen-bond acceptors (Lipinski definition) is 5. The Balaban J connectivity index is 1.33. The van der Waals surface area contributed by atoms with Gasteiger partial charge in [-0.3, -0.25) is 0 Å². The number of H-pyrrole nitrogens is 2. The molecule has 4 rings (SSSR count). The van der Waals surface area contributed by atoms with Crippen LogP contribution in [0.15, 0.2) is 35.4 Å². The number of hydrogen-bond donors (Lipinski definition) is 3. The zero-order valence-corrected chi connectivity index (χ0v) is 14.1. The minimum absolute atomic E-state index is 0.175. The minimum Gasteiger partial charge on any atom is -0.341 e. The Morgan fingerprint density at radius 1 is 0.960 bits per heavy atom. The zero-order chi connectivity index (χ0) is 17.1. The molecule has 3 aromatic rings. The SMILES string of the molecule is O=c1[nH]c2ccc(CNCc3cnc(N4CCCCC4)nc3)cc2[nH]1. The lowest BCUT2D eigenvalue weighted by atomic mass is 10.1. The summed E-state index contributed by atoms with van der Waals surface area (Å²) in [5.41, 5.74) is 3.67. The van der Waals surface area contributed by atoms with Crippen LogP contribution in [0.1, 0.15) is 30.4 Å². The molecule has 0 aliphatic carbocycles. The minimum atomic E-state index is -0.175. The molecule has 1 aliphatic rings. The van der Waals surface area contributed by atoms with E-state index < -0.39 is 0 Å². The van der Waals surface area contributed by atoms with E-state index in [4.69, 9.17) is 0 Å². The van der Waals surface area contributed by atoms with Gasteiger partial charge in [0, 0.05) is 44.1 Å². The molecule has 1 saturated heterocycles. The summed E-state index contributed by atoms with van der Waals surface area (Å²) in [5, 5.41) is 3.39. The summed E-state index contributed by atoms with van der Waals surface area (Å²) in [6.07, 6.45) is 7.56. The standard InChI is InChI=1S/C18H22N6O/c25-18-22-15-5-4-13(8-16(15)23-18)9-19-10-14-11-20-17(21-12-14)24-6-2-1-3-7-24/h4-5,8,11-12,19H,1-3,6-7,9-10H2,(H2,22,23,25). The first kappa shape index (κ1) is 15.8. The van der Waals surface area contributed by atoms with Gasteiger partial charge in [-0.1, -0.05) is 6.07 Å². The first-order valence-electron chi connectivity index (χ1n) is 8.75. The Morgan fingerprint density at radius 3 is 2.48 bits per heavy atom. The maximum atomic E-state index is 11.3. The molecule has 0 atom stereocenters. The predicted octanol–water partition coefficient (Wildman–Crippen LogP) is 1.93. The molecule has 0 unspecified atom stereocenters. The molecule has 0 saturated carbocycles. The number of rotatable bonds is 5. The number of nitrogens with zero attached hydrogens (tertiary/aromatic N) is 3. The monoisotopic (exact) mass is 338 g/mol. The molecule has 0 amide bonds. The smallest absolute Gasteiger partial charge is 0.323 e. The van der Waals surface area contributed by atoms with Gasteiger partial charge in [0.2, 0.25) is 5.95 Å². The van der Waals surface area contributed by atoms with Crippen molar-refractivity contribution in [2.45, 2.75) is 32.4 Å². The number of imidazole rings is 1. The third-order valence-electron chi connectivity index (χ3n) is 4.57. The van der Waals surface area contributed by atoms with Crippen molar-refractivity contribution in [2.75, 3.05) is 18.0 Å². The Morgan fingerprint density at radius 2 is 1.68 bits per heavy atom. The molecule has 25 heavy (non-hydrogen) atoms. The van der Waals surface area contributed by atoms with E-state index in [2.05, 4.69) is 30.2 Å². The lowest BCUT2D eigenvalue weighted by Crippen LogP contribution is -2.31. The summed E-state index contributed by atoms with van der Waals surface area (Å²) in [7, 11) is 0. The maximum absolute atomic E-state index is 11.3. The van der Waals surface area contributed by atoms with Crippen molar-refractivity contribution in [3.8, 4) is 0 Å². The van der Waals surface area contributed by atoms with E-state index in [9.17, 15) is 4.79 Å². The van der Waals surface area contributed by atoms with Gasteiger partial charge in [-0.25, -0.2) is 14.8 Å². The van der Waals surface area contributed by atoms with E-state index in [1.165, 1.54) is 19.3 Å². The molecule has 0 spiro atoms. The van der Waals surface area contributed by atoms with Gasteiger partial charge in [0.05, 0.1) is 11.0 Å². The predicted molar refractivity (Wildman–Crippen MR) is 97.6 cm³/mol. The van der Waals surface area contributed by atoms with E-state index in [1.54, 1.807) is 0 Å². The van der Waals surface area contributed by atoms with Crippen LogP contribution < -0.4 is 15.9 Å². The molecule has 1 aromatic carbocycles. The molecule has 3 N–H and O–H groups in total. The Bertz CT molecular complexity index is 892. The number of aromatic amines is 2. The number of nitrogens with one attached hydrogen (secondary N) is 3. The summed E-state index contributed by atoms with van der Waals surface area (Å²) < 4.78 is 0. The van der Waals surface area contributed by atoms with E-state index in [0.29, 0.717) is 6.54 Å². The topological polar surface area (TPSA) is 89.7 Å². The van der Waals surface area contributed by atoms with Crippen LogP contribution in [0.25, 0.3) is 11.0 Å². The van der Waals surface area contributed by atoms with Crippen LogP contribution in [0.3, 0.4) is 0 Å². The molecule has 130 valence electrons. The largest absolute Gasteiger partial charge is 0.341 e. The number of fused-ring (bicyclic) bond motifs is 1. The van der Waals surface area contributed by atoms with Crippen molar-refractivity contribution in [2.24, 2.45) is 0 Å². The third-order valence-corrected chi connectivity index (χ3v) is 4.57. The van der Waals surface area contributed by atoms with Gasteiger partial charge >= 0.3 is 5.69 Å². The van der Waals surface area contributed by atoms with Crippen molar-refractivity contribution >= 4 is 17.0 Å². The zero-order valence-electron chi connectivity index (χ0n) is 14.1. The molecule has 2 aromatic heterocycles. The van der Waals surface area contributed by atoms with Crippen LogP contribution in [-0.4, -0.2) is 33.0 Å². The second kappa shape index (κ2) is 7.06. The summed E-state index contributed by atoms with van der Waals surface area (Å²) in [4.78, 5) is 28.1. The maximum Gasteiger partial charge on any atom is 0.323 e. The van der Waals surface area contributed by atoms with Crippen molar-refractivity contribution in [1.29, 1.82) is 0 Å². The number of anilines is 1. The number of benzene rings is 1. The average Bonchev–Trinajstić information content (AvgIpc) is 3.02. The second-order valence-corrected chi connectivity index (χ2v) is 6.50. The van der Waals surface area contributed by atoms with Gasteiger partial charge in [-0.15, -0.1) is 0 Å². The van der Waals surface area contributed by atoms with Gasteiger partial charge in [-0.2, -0.15) is 0 Å². The van der Waals surface area contributed by atoms with E-state index in [0.717, 1.165) is 47.7 Å². The highest BCUT2D eigenvalue weighted by atomic mass is 16.1. The van der Waals surface area contributed by atoms with Crippen LogP contribution in [0.5, 0.6) is 0 Å². The van der Waals surface area contributed by atoms with Crippen LogP contribution in [0.4, 0.5) is 5.95 Å². The summed E-state index contributed by atoms with van der Waals surface area (Å²) in [5.74, 6) is 0.838. The van der Waals surface area contributed by atoms with Crippen molar-refractivity contribution < 1.29 is 0 Å². The normalized spacial score (nSPS) is 15.0. The molecule has 1 fully saturated rings. The van der Waals surface area contributed by atoms with Crippen LogP contribution >= 0.6 is 0 Å². The highest BCUT2D eigenvalue weighted by Gasteiger charge is 2.12. The van der Waals surface area contributed by atoms with Crippen LogP contribution in [0, 0.1) is 0 Å². The lowest BCUT2D eigenvalue weighted by molar-refractivity contribution is 0.567. The highest BCUT2D eigenvalue weighted by Crippen LogP contribution is 2.15. The molecule has 0 bridgehead atoms. The first-order valence-corrected chi connectivity index (χ1v) is 8.75. The fourth-order valence-electron chi connectivity index (χ4n) is 3.24. The molecule has 0 radical (unpaired) electrons. The Kier molecular flexibility index (Phi) is 4.47. The Labute approximate surface area is 145 Å². The summed E-state index contributed by atoms with van der Waals surface area (Å²) in [6, 6.07) is 5.91. The van der Waals surface area contributed by atoms with Crippen molar-refractivity contribution in [1.82, 2.24) is 25.3 Å². The molecule has 7 heteroatoms. The second-order valence-electron chi connectivity index (χ2n) is 6.50. The van der Waals surface area contributed by atoms with E-state index in [1.807, 2.05) is 30.6 Å². The molecule has 1 aliphatic heterocycles. The highest BCUT2D eigenvalue weighted by molar-refractivity contribution is 5.74. The number of piperidine rings is 1. The lowest BCUT2D eigenvalue weighted by Gasteiger charge is -2.26. The Hall–Kier alpha value is -2.67. The van der Waals surface area contributed by atoms with Gasteiger partial charge in [-0.05, 0) is 37.0 Å².